The summed E-state index contributed by atoms with van der Waals surface area (Å²) in [6, 6.07) is 14.1. The number of nitrogens with one attached hydrogen (secondary N) is 1. The standard InChI is InChI=1S/C22H22N2O5/c1-28-19-11-4-16(5-12-19)6-13-22(27)29-15-20(25)23-17-7-9-18(10-8-17)24-14-2-3-21(24)26/h4-13H,2-3,14-15H2,1H3,(H,23,25)/b13-6+. The molecule has 3 rings (SSSR count). The third-order valence-electron chi connectivity index (χ3n) is 4.41. The molecule has 1 saturated heterocycles. The molecule has 7 nitrogen and oxygen atoms in total. The van der Waals surface area contributed by atoms with E-state index in [0.717, 1.165) is 23.4 Å². The summed E-state index contributed by atoms with van der Waals surface area (Å²) in [5, 5.41) is 2.66. The normalized spacial score (nSPS) is 13.6. The fourth-order valence-corrected chi connectivity index (χ4v) is 2.91. The first kappa shape index (κ1) is 20.1. The Morgan fingerprint density at radius 1 is 1.10 bits per heavy atom. The summed E-state index contributed by atoms with van der Waals surface area (Å²) in [5.41, 5.74) is 2.18. The van der Waals surface area contributed by atoms with Gasteiger partial charge in [-0.2, -0.15) is 0 Å². The Kier molecular flexibility index (Phi) is 6.63. The van der Waals surface area contributed by atoms with E-state index in [1.807, 2.05) is 0 Å². The van der Waals surface area contributed by atoms with Crippen LogP contribution in [-0.2, 0) is 19.1 Å². The van der Waals surface area contributed by atoms with Crippen LogP contribution >= 0.6 is 0 Å². The molecule has 0 bridgehead atoms. The van der Waals surface area contributed by atoms with Crippen LogP contribution in [0.2, 0.25) is 0 Å². The summed E-state index contributed by atoms with van der Waals surface area (Å²) in [5.74, 6) is -0.224. The van der Waals surface area contributed by atoms with E-state index in [9.17, 15) is 14.4 Å². The van der Waals surface area contributed by atoms with E-state index in [1.165, 1.54) is 6.08 Å². The summed E-state index contributed by atoms with van der Waals surface area (Å²) in [6.45, 7) is 0.322. The molecule has 1 N–H and O–H groups in total. The molecule has 7 heteroatoms. The maximum Gasteiger partial charge on any atom is 0.331 e. The van der Waals surface area contributed by atoms with E-state index < -0.39 is 18.5 Å². The molecule has 0 saturated carbocycles. The first-order valence-electron chi connectivity index (χ1n) is 9.24. The summed E-state index contributed by atoms with van der Waals surface area (Å²) < 4.78 is 10.0. The SMILES string of the molecule is COc1ccc(/C=C/C(=O)OCC(=O)Nc2ccc(N3CCCC3=O)cc2)cc1. The number of hydrogen-bond donors (Lipinski definition) is 1. The van der Waals surface area contributed by atoms with Crippen molar-refractivity contribution in [2.24, 2.45) is 0 Å². The van der Waals surface area contributed by atoms with Crippen LogP contribution in [0.4, 0.5) is 11.4 Å². The molecule has 1 heterocycles. The van der Waals surface area contributed by atoms with E-state index in [4.69, 9.17) is 9.47 Å². The highest BCUT2D eigenvalue weighted by atomic mass is 16.5. The number of carbonyl (C=O) groups excluding carboxylic acids is 3. The lowest BCUT2D eigenvalue weighted by Gasteiger charge is -2.16. The summed E-state index contributed by atoms with van der Waals surface area (Å²) in [4.78, 5) is 37.2. The Balaban J connectivity index is 1.44. The largest absolute Gasteiger partial charge is 0.497 e. The lowest BCUT2D eigenvalue weighted by molar-refractivity contribution is -0.142. The third kappa shape index (κ3) is 5.68. The molecule has 2 amide bonds. The zero-order chi connectivity index (χ0) is 20.6. The van der Waals surface area contributed by atoms with Gasteiger partial charge >= 0.3 is 5.97 Å². The average molecular weight is 394 g/mol. The van der Waals surface area contributed by atoms with Crippen LogP contribution in [0.1, 0.15) is 18.4 Å². The number of esters is 1. The Morgan fingerprint density at radius 2 is 1.83 bits per heavy atom. The fraction of sp³-hybridized carbons (Fsp3) is 0.227. The number of nitrogens with zero attached hydrogens (tertiary/aromatic N) is 1. The van der Waals surface area contributed by atoms with Gasteiger partial charge in [-0.05, 0) is 54.5 Å². The van der Waals surface area contributed by atoms with Gasteiger partial charge in [0, 0.05) is 30.4 Å². The van der Waals surface area contributed by atoms with Crippen molar-refractivity contribution in [2.75, 3.05) is 30.5 Å². The second-order valence-corrected chi connectivity index (χ2v) is 6.46. The lowest BCUT2D eigenvalue weighted by atomic mass is 10.2. The molecule has 1 fully saturated rings. The second-order valence-electron chi connectivity index (χ2n) is 6.46. The maximum atomic E-state index is 12.0. The molecule has 2 aromatic carbocycles. The van der Waals surface area contributed by atoms with Crippen LogP contribution in [0.3, 0.4) is 0 Å². The van der Waals surface area contributed by atoms with Gasteiger partial charge in [-0.25, -0.2) is 4.79 Å². The van der Waals surface area contributed by atoms with Crippen molar-refractivity contribution < 1.29 is 23.9 Å². The molecule has 0 aromatic heterocycles. The molecule has 29 heavy (non-hydrogen) atoms. The Hall–Kier alpha value is -3.61. The van der Waals surface area contributed by atoms with E-state index in [0.29, 0.717) is 18.7 Å². The number of carbonyl (C=O) groups is 3. The van der Waals surface area contributed by atoms with E-state index >= 15 is 0 Å². The van der Waals surface area contributed by atoms with Crippen LogP contribution < -0.4 is 15.0 Å². The first-order chi connectivity index (χ1) is 14.0. The van der Waals surface area contributed by atoms with Crippen molar-refractivity contribution in [1.82, 2.24) is 0 Å². The molecule has 0 aliphatic carbocycles. The van der Waals surface area contributed by atoms with E-state index in [1.54, 1.807) is 66.6 Å². The summed E-state index contributed by atoms with van der Waals surface area (Å²) in [7, 11) is 1.58. The molecule has 2 aromatic rings. The molecule has 0 atom stereocenters. The van der Waals surface area contributed by atoms with Crippen LogP contribution in [-0.4, -0.2) is 38.0 Å². The quantitative estimate of drug-likeness (QED) is 0.576. The van der Waals surface area contributed by atoms with Crippen molar-refractivity contribution in [1.29, 1.82) is 0 Å². The zero-order valence-electron chi connectivity index (χ0n) is 16.1. The molecular formula is C22H22N2O5. The van der Waals surface area contributed by atoms with Gasteiger partial charge in [0.15, 0.2) is 6.61 Å². The van der Waals surface area contributed by atoms with Gasteiger partial charge in [0.1, 0.15) is 5.75 Å². The van der Waals surface area contributed by atoms with Gasteiger partial charge in [0.25, 0.3) is 5.91 Å². The van der Waals surface area contributed by atoms with Crippen molar-refractivity contribution >= 4 is 35.2 Å². The predicted octanol–water partition coefficient (Wildman–Crippen LogP) is 3.02. The topological polar surface area (TPSA) is 84.9 Å². The summed E-state index contributed by atoms with van der Waals surface area (Å²) in [6.07, 6.45) is 4.28. The van der Waals surface area contributed by atoms with Gasteiger partial charge in [0.2, 0.25) is 5.91 Å². The number of rotatable bonds is 7. The van der Waals surface area contributed by atoms with Gasteiger partial charge < -0.3 is 19.7 Å². The van der Waals surface area contributed by atoms with Crippen molar-refractivity contribution in [3.63, 3.8) is 0 Å². The Bertz CT molecular complexity index is 904. The Labute approximate surface area is 168 Å². The van der Waals surface area contributed by atoms with Gasteiger partial charge in [-0.15, -0.1) is 0 Å². The van der Waals surface area contributed by atoms with Gasteiger partial charge in [-0.1, -0.05) is 12.1 Å². The number of methoxy groups -OCH3 is 1. The average Bonchev–Trinajstić information content (AvgIpc) is 3.17. The summed E-state index contributed by atoms with van der Waals surface area (Å²) >= 11 is 0. The highest BCUT2D eigenvalue weighted by Crippen LogP contribution is 2.23. The number of anilines is 2. The minimum atomic E-state index is -0.612. The van der Waals surface area contributed by atoms with Crippen LogP contribution in [0.25, 0.3) is 6.08 Å². The predicted molar refractivity (Wildman–Crippen MR) is 110 cm³/mol. The third-order valence-corrected chi connectivity index (χ3v) is 4.41. The van der Waals surface area contributed by atoms with E-state index in [2.05, 4.69) is 5.32 Å². The Morgan fingerprint density at radius 3 is 2.45 bits per heavy atom. The number of amides is 2. The van der Waals surface area contributed by atoms with E-state index in [-0.39, 0.29) is 5.91 Å². The van der Waals surface area contributed by atoms with Crippen LogP contribution in [0, 0.1) is 0 Å². The molecule has 0 radical (unpaired) electrons. The van der Waals surface area contributed by atoms with Gasteiger partial charge in [0.05, 0.1) is 7.11 Å². The van der Waals surface area contributed by atoms with Crippen molar-refractivity contribution in [2.45, 2.75) is 12.8 Å². The smallest absolute Gasteiger partial charge is 0.331 e. The zero-order valence-corrected chi connectivity index (χ0v) is 16.1. The number of hydrogen-bond acceptors (Lipinski definition) is 5. The minimum absolute atomic E-state index is 0.108. The molecule has 0 spiro atoms. The minimum Gasteiger partial charge on any atom is -0.497 e. The fourth-order valence-electron chi connectivity index (χ4n) is 2.91. The van der Waals surface area contributed by atoms with Crippen LogP contribution in [0.5, 0.6) is 5.75 Å². The van der Waals surface area contributed by atoms with Crippen LogP contribution in [0.15, 0.2) is 54.6 Å². The van der Waals surface area contributed by atoms with Gasteiger partial charge in [-0.3, -0.25) is 9.59 Å². The second kappa shape index (κ2) is 9.54. The first-order valence-corrected chi connectivity index (χ1v) is 9.24. The number of ether oxygens (including phenoxy) is 2. The molecular weight excluding hydrogens is 372 g/mol. The monoisotopic (exact) mass is 394 g/mol. The van der Waals surface area contributed by atoms with Crippen molar-refractivity contribution in [3.05, 3.63) is 60.2 Å². The molecule has 0 unspecified atom stereocenters. The molecule has 1 aliphatic heterocycles. The molecule has 150 valence electrons. The van der Waals surface area contributed by atoms with Crippen molar-refractivity contribution in [3.8, 4) is 5.75 Å². The number of benzene rings is 2. The lowest BCUT2D eigenvalue weighted by Crippen LogP contribution is -2.23. The highest BCUT2D eigenvalue weighted by molar-refractivity contribution is 5.97. The molecule has 1 aliphatic rings. The maximum absolute atomic E-state index is 12.0. The highest BCUT2D eigenvalue weighted by Gasteiger charge is 2.21.